The maximum Gasteiger partial charge on any atom is 0.187 e. The van der Waals surface area contributed by atoms with Gasteiger partial charge in [0.05, 0.1) is 22.6 Å². The van der Waals surface area contributed by atoms with Crippen molar-refractivity contribution in [2.45, 2.75) is 0 Å². The molecule has 0 aliphatic carbocycles. The molecular formula is C16H8Br3ClN4S. The summed E-state index contributed by atoms with van der Waals surface area (Å²) in [6.07, 6.45) is 3.64. The standard InChI is InChI=1S/C16H8Br3ClN4S/c17-8-3-10(18)15(11(19)4-8)23-16-22-12(7-25-16)13-5-21-14-2-1-9(20)6-24(13)14/h1-7H,(H,22,23). The van der Waals surface area contributed by atoms with Crippen LogP contribution >= 0.6 is 70.7 Å². The summed E-state index contributed by atoms with van der Waals surface area (Å²) < 4.78 is 4.80. The number of hydrogen-bond acceptors (Lipinski definition) is 4. The summed E-state index contributed by atoms with van der Waals surface area (Å²) in [5.41, 5.74) is 3.49. The molecule has 4 nitrogen and oxygen atoms in total. The maximum absolute atomic E-state index is 6.10. The summed E-state index contributed by atoms with van der Waals surface area (Å²) in [7, 11) is 0. The number of nitrogens with one attached hydrogen (secondary N) is 1. The first-order chi connectivity index (χ1) is 12.0. The third kappa shape index (κ3) is 3.50. The molecule has 1 N–H and O–H groups in total. The smallest absolute Gasteiger partial charge is 0.187 e. The number of rotatable bonds is 3. The summed E-state index contributed by atoms with van der Waals surface area (Å²) >= 11 is 18.2. The average Bonchev–Trinajstić information content (AvgIpc) is 3.16. The van der Waals surface area contributed by atoms with Crippen molar-refractivity contribution in [3.63, 3.8) is 0 Å². The number of fused-ring (bicyclic) bond motifs is 1. The van der Waals surface area contributed by atoms with Crippen LogP contribution in [0.2, 0.25) is 5.02 Å². The second-order valence-corrected chi connectivity index (χ2v) is 9.05. The van der Waals surface area contributed by atoms with E-state index in [0.717, 1.165) is 41.3 Å². The van der Waals surface area contributed by atoms with E-state index in [1.807, 2.05) is 40.2 Å². The van der Waals surface area contributed by atoms with E-state index in [9.17, 15) is 0 Å². The van der Waals surface area contributed by atoms with Crippen molar-refractivity contribution in [2.75, 3.05) is 5.32 Å². The minimum atomic E-state index is 0.656. The van der Waals surface area contributed by atoms with Gasteiger partial charge in [0.25, 0.3) is 0 Å². The molecule has 126 valence electrons. The molecule has 1 aromatic carbocycles. The predicted octanol–water partition coefficient (Wildman–Crippen LogP) is 7.14. The van der Waals surface area contributed by atoms with Crippen molar-refractivity contribution < 1.29 is 0 Å². The molecule has 0 atom stereocenters. The first-order valence-electron chi connectivity index (χ1n) is 7.01. The fourth-order valence-corrected chi connectivity index (χ4v) is 5.69. The Morgan fingerprint density at radius 1 is 1.12 bits per heavy atom. The van der Waals surface area contributed by atoms with Crippen LogP contribution in [-0.2, 0) is 0 Å². The molecule has 0 unspecified atom stereocenters. The monoisotopic (exact) mass is 560 g/mol. The van der Waals surface area contributed by atoms with E-state index >= 15 is 0 Å². The first kappa shape index (κ1) is 17.5. The predicted molar refractivity (Wildman–Crippen MR) is 114 cm³/mol. The average molecular weight is 564 g/mol. The normalized spacial score (nSPS) is 11.2. The highest BCUT2D eigenvalue weighted by Gasteiger charge is 2.13. The maximum atomic E-state index is 6.10. The van der Waals surface area contributed by atoms with Crippen molar-refractivity contribution in [3.8, 4) is 11.4 Å². The number of halogens is 4. The molecular weight excluding hydrogens is 555 g/mol. The van der Waals surface area contributed by atoms with Gasteiger partial charge in [-0.1, -0.05) is 27.5 Å². The van der Waals surface area contributed by atoms with E-state index in [0.29, 0.717) is 5.02 Å². The lowest BCUT2D eigenvalue weighted by atomic mass is 10.3. The lowest BCUT2D eigenvalue weighted by molar-refractivity contribution is 1.18. The van der Waals surface area contributed by atoms with Crippen LogP contribution in [0, 0.1) is 0 Å². The molecule has 0 aliphatic heterocycles. The van der Waals surface area contributed by atoms with Crippen LogP contribution in [-0.4, -0.2) is 14.4 Å². The van der Waals surface area contributed by atoms with Crippen molar-refractivity contribution in [3.05, 3.63) is 60.5 Å². The van der Waals surface area contributed by atoms with Crippen LogP contribution in [0.5, 0.6) is 0 Å². The zero-order valence-corrected chi connectivity index (χ0v) is 18.6. The summed E-state index contributed by atoms with van der Waals surface area (Å²) in [5, 5.41) is 6.78. The van der Waals surface area contributed by atoms with Gasteiger partial charge in [-0.05, 0) is 56.1 Å². The molecule has 0 radical (unpaired) electrons. The zero-order chi connectivity index (χ0) is 17.6. The number of hydrogen-bond donors (Lipinski definition) is 1. The minimum Gasteiger partial charge on any atom is -0.330 e. The van der Waals surface area contributed by atoms with E-state index in [1.54, 1.807) is 6.20 Å². The van der Waals surface area contributed by atoms with E-state index in [4.69, 9.17) is 11.6 Å². The summed E-state index contributed by atoms with van der Waals surface area (Å²) in [4.78, 5) is 9.08. The quantitative estimate of drug-likeness (QED) is 0.288. The molecule has 0 saturated carbocycles. The SMILES string of the molecule is Clc1ccc2ncc(-c3csc(Nc4c(Br)cc(Br)cc4Br)n3)n2c1. The molecule has 3 aromatic heterocycles. The topological polar surface area (TPSA) is 42.2 Å². The Labute approximate surface area is 177 Å². The minimum absolute atomic E-state index is 0.656. The summed E-state index contributed by atoms with van der Waals surface area (Å²) in [6.45, 7) is 0. The van der Waals surface area contributed by atoms with Gasteiger partial charge in [-0.2, -0.15) is 0 Å². The van der Waals surface area contributed by atoms with Gasteiger partial charge in [-0.3, -0.25) is 4.40 Å². The lowest BCUT2D eigenvalue weighted by Gasteiger charge is -2.08. The molecule has 4 aromatic rings. The van der Waals surface area contributed by atoms with E-state index < -0.39 is 0 Å². The molecule has 0 bridgehead atoms. The summed E-state index contributed by atoms with van der Waals surface area (Å²) in [6, 6.07) is 7.67. The highest BCUT2D eigenvalue weighted by atomic mass is 79.9. The van der Waals surface area contributed by atoms with E-state index in [2.05, 4.69) is 63.1 Å². The highest BCUT2D eigenvalue weighted by molar-refractivity contribution is 9.11. The van der Waals surface area contributed by atoms with Gasteiger partial charge < -0.3 is 5.32 Å². The Balaban J connectivity index is 1.70. The highest BCUT2D eigenvalue weighted by Crippen LogP contribution is 2.37. The molecule has 25 heavy (non-hydrogen) atoms. The fraction of sp³-hybridized carbons (Fsp3) is 0. The van der Waals surface area contributed by atoms with Crippen LogP contribution in [0.25, 0.3) is 17.0 Å². The number of anilines is 2. The fourth-order valence-electron chi connectivity index (χ4n) is 2.36. The van der Waals surface area contributed by atoms with Gasteiger partial charge in [-0.15, -0.1) is 11.3 Å². The molecule has 0 saturated heterocycles. The van der Waals surface area contributed by atoms with Crippen LogP contribution in [0.4, 0.5) is 10.8 Å². The molecule has 3 heterocycles. The van der Waals surface area contributed by atoms with Gasteiger partial charge in [0.15, 0.2) is 5.13 Å². The van der Waals surface area contributed by atoms with E-state index in [1.165, 1.54) is 11.3 Å². The molecule has 0 amide bonds. The number of pyridine rings is 1. The van der Waals surface area contributed by atoms with Crippen molar-refractivity contribution in [1.82, 2.24) is 14.4 Å². The Morgan fingerprint density at radius 3 is 2.64 bits per heavy atom. The van der Waals surface area contributed by atoms with Crippen molar-refractivity contribution in [2.24, 2.45) is 0 Å². The molecule has 0 spiro atoms. The molecule has 9 heteroatoms. The Kier molecular flexibility index (Phi) is 4.89. The second kappa shape index (κ2) is 7.00. The number of nitrogens with zero attached hydrogens (tertiary/aromatic N) is 3. The van der Waals surface area contributed by atoms with E-state index in [-0.39, 0.29) is 0 Å². The van der Waals surface area contributed by atoms with Crippen molar-refractivity contribution >= 4 is 87.2 Å². The lowest BCUT2D eigenvalue weighted by Crippen LogP contribution is -1.93. The van der Waals surface area contributed by atoms with Crippen LogP contribution in [0.3, 0.4) is 0 Å². The molecule has 4 rings (SSSR count). The Hall–Kier alpha value is -0.930. The van der Waals surface area contributed by atoms with Crippen LogP contribution in [0.15, 0.2) is 55.5 Å². The molecule has 0 aliphatic rings. The molecule has 0 fully saturated rings. The third-order valence-corrected chi connectivity index (χ3v) is 6.16. The number of thiazole rings is 1. The first-order valence-corrected chi connectivity index (χ1v) is 10.6. The van der Waals surface area contributed by atoms with Crippen LogP contribution in [0.1, 0.15) is 0 Å². The number of imidazole rings is 1. The van der Waals surface area contributed by atoms with Gasteiger partial charge >= 0.3 is 0 Å². The van der Waals surface area contributed by atoms with Crippen LogP contribution < -0.4 is 5.32 Å². The number of benzene rings is 1. The van der Waals surface area contributed by atoms with Gasteiger partial charge in [0.1, 0.15) is 11.3 Å². The van der Waals surface area contributed by atoms with Crippen molar-refractivity contribution in [1.29, 1.82) is 0 Å². The zero-order valence-electron chi connectivity index (χ0n) is 12.3. The van der Waals surface area contributed by atoms with Gasteiger partial charge in [0.2, 0.25) is 0 Å². The van der Waals surface area contributed by atoms with Gasteiger partial charge in [0, 0.05) is 25.0 Å². The Bertz CT molecular complexity index is 1070. The third-order valence-electron chi connectivity index (χ3n) is 3.47. The largest absolute Gasteiger partial charge is 0.330 e. The number of aromatic nitrogens is 3. The summed E-state index contributed by atoms with van der Waals surface area (Å²) in [5.74, 6) is 0. The Morgan fingerprint density at radius 2 is 1.88 bits per heavy atom. The second-order valence-electron chi connectivity index (χ2n) is 5.13. The van der Waals surface area contributed by atoms with Gasteiger partial charge in [-0.25, -0.2) is 9.97 Å².